The number of aromatic nitrogens is 2. The van der Waals surface area contributed by atoms with Gasteiger partial charge < -0.3 is 9.73 Å². The van der Waals surface area contributed by atoms with Gasteiger partial charge in [-0.15, -0.1) is 10.2 Å². The van der Waals surface area contributed by atoms with Crippen LogP contribution in [0, 0.1) is 5.82 Å². The highest BCUT2D eigenvalue weighted by molar-refractivity contribution is 6.00. The van der Waals surface area contributed by atoms with Crippen molar-refractivity contribution in [3.05, 3.63) is 41.9 Å². The first-order valence-corrected chi connectivity index (χ1v) is 5.46. The lowest BCUT2D eigenvalue weighted by atomic mass is 10.2. The second-order valence-corrected chi connectivity index (χ2v) is 4.06. The number of amides is 1. The number of nitrogens with one attached hydrogen (secondary N) is 1. The van der Waals surface area contributed by atoms with Crippen LogP contribution >= 0.6 is 0 Å². The molecule has 2 rings (SSSR count). The van der Waals surface area contributed by atoms with Gasteiger partial charge in [0.15, 0.2) is 0 Å². The second-order valence-electron chi connectivity index (χ2n) is 4.06. The fourth-order valence-corrected chi connectivity index (χ4v) is 1.28. The number of benzene rings is 1. The average Bonchev–Trinajstić information content (AvgIpc) is 2.81. The molecule has 0 aliphatic carbocycles. The van der Waals surface area contributed by atoms with Crippen molar-refractivity contribution in [3.8, 4) is 0 Å². The monoisotopic (exact) mass is 249 g/mol. The molecule has 0 aliphatic heterocycles. The molecule has 5 nitrogen and oxygen atoms in total. The Morgan fingerprint density at radius 1 is 1.28 bits per heavy atom. The number of nitrogens with zero attached hydrogens (tertiary/aromatic N) is 2. The topological polar surface area (TPSA) is 68.0 Å². The van der Waals surface area contributed by atoms with Crippen molar-refractivity contribution < 1.29 is 13.6 Å². The van der Waals surface area contributed by atoms with E-state index in [1.54, 1.807) is 0 Å². The molecule has 1 N–H and O–H groups in total. The van der Waals surface area contributed by atoms with E-state index < -0.39 is 5.91 Å². The fourth-order valence-electron chi connectivity index (χ4n) is 1.28. The third-order valence-electron chi connectivity index (χ3n) is 2.23. The van der Waals surface area contributed by atoms with Crippen molar-refractivity contribution in [2.45, 2.75) is 19.8 Å². The predicted molar refractivity (Wildman–Crippen MR) is 62.7 cm³/mol. The van der Waals surface area contributed by atoms with Crippen molar-refractivity contribution in [1.82, 2.24) is 10.2 Å². The highest BCUT2D eigenvalue weighted by Crippen LogP contribution is 2.14. The van der Waals surface area contributed by atoms with E-state index in [4.69, 9.17) is 4.42 Å². The summed E-state index contributed by atoms with van der Waals surface area (Å²) in [7, 11) is 0. The molecule has 6 heteroatoms. The minimum Gasteiger partial charge on any atom is -0.417 e. The van der Waals surface area contributed by atoms with Crippen molar-refractivity contribution in [2.75, 3.05) is 5.32 Å². The molecule has 0 atom stereocenters. The van der Waals surface area contributed by atoms with Gasteiger partial charge in [0.25, 0.3) is 0 Å². The molecule has 1 amide bonds. The van der Waals surface area contributed by atoms with Gasteiger partial charge in [-0.25, -0.2) is 4.39 Å². The molecule has 0 aliphatic rings. The minimum atomic E-state index is -0.513. The summed E-state index contributed by atoms with van der Waals surface area (Å²) in [6.07, 6.45) is 0. The Balaban J connectivity index is 2.09. The van der Waals surface area contributed by atoms with Crippen LogP contribution in [0.25, 0.3) is 0 Å². The van der Waals surface area contributed by atoms with E-state index in [1.807, 2.05) is 13.8 Å². The molecule has 1 aromatic carbocycles. The fraction of sp³-hybridized carbons (Fsp3) is 0.250. The van der Waals surface area contributed by atoms with Crippen LogP contribution in [0.5, 0.6) is 0 Å². The highest BCUT2D eigenvalue weighted by atomic mass is 19.1. The molecule has 0 fully saturated rings. The molecule has 0 spiro atoms. The lowest BCUT2D eigenvalue weighted by Crippen LogP contribution is -2.12. The number of hydrogen-bond donors (Lipinski definition) is 1. The number of rotatable bonds is 3. The minimum absolute atomic E-state index is 0.0601. The lowest BCUT2D eigenvalue weighted by Gasteiger charge is -2.01. The summed E-state index contributed by atoms with van der Waals surface area (Å²) < 4.78 is 17.9. The van der Waals surface area contributed by atoms with Crippen LogP contribution in [0.1, 0.15) is 36.3 Å². The summed E-state index contributed by atoms with van der Waals surface area (Å²) in [6, 6.07) is 5.41. The normalized spacial score (nSPS) is 10.7. The van der Waals surface area contributed by atoms with Gasteiger partial charge in [0.1, 0.15) is 5.82 Å². The van der Waals surface area contributed by atoms with Gasteiger partial charge in [0.05, 0.1) is 0 Å². The Kier molecular flexibility index (Phi) is 3.36. The van der Waals surface area contributed by atoms with Crippen molar-refractivity contribution in [1.29, 1.82) is 0 Å². The Hall–Kier alpha value is -2.24. The SMILES string of the molecule is CC(C)c1nnc(C(=O)Nc2ccc(F)cc2)o1. The summed E-state index contributed by atoms with van der Waals surface area (Å²) in [6.45, 7) is 3.77. The van der Waals surface area contributed by atoms with Crippen molar-refractivity contribution in [3.63, 3.8) is 0 Å². The van der Waals surface area contributed by atoms with Gasteiger partial charge in [0, 0.05) is 11.6 Å². The van der Waals surface area contributed by atoms with Crippen LogP contribution in [0.3, 0.4) is 0 Å². The van der Waals surface area contributed by atoms with Crippen LogP contribution in [-0.2, 0) is 0 Å². The quantitative estimate of drug-likeness (QED) is 0.907. The Labute approximate surface area is 103 Å². The second kappa shape index (κ2) is 4.95. The molecule has 0 bridgehead atoms. The zero-order chi connectivity index (χ0) is 13.1. The van der Waals surface area contributed by atoms with Gasteiger partial charge in [0.2, 0.25) is 5.89 Å². The molecule has 18 heavy (non-hydrogen) atoms. The van der Waals surface area contributed by atoms with Crippen molar-refractivity contribution >= 4 is 11.6 Å². The van der Waals surface area contributed by atoms with Gasteiger partial charge in [-0.05, 0) is 24.3 Å². The van der Waals surface area contributed by atoms with E-state index in [-0.39, 0.29) is 17.6 Å². The molecule has 0 unspecified atom stereocenters. The number of hydrogen-bond acceptors (Lipinski definition) is 4. The largest absolute Gasteiger partial charge is 0.417 e. The van der Waals surface area contributed by atoms with Crippen molar-refractivity contribution in [2.24, 2.45) is 0 Å². The van der Waals surface area contributed by atoms with E-state index in [2.05, 4.69) is 15.5 Å². The number of carbonyl (C=O) groups excluding carboxylic acids is 1. The van der Waals surface area contributed by atoms with E-state index in [0.29, 0.717) is 11.6 Å². The first-order chi connectivity index (χ1) is 8.56. The molecule has 94 valence electrons. The van der Waals surface area contributed by atoms with Gasteiger partial charge in [-0.3, -0.25) is 4.79 Å². The Morgan fingerprint density at radius 2 is 1.94 bits per heavy atom. The zero-order valence-electron chi connectivity index (χ0n) is 9.98. The molecule has 0 saturated heterocycles. The standard InChI is InChI=1S/C12H12FN3O2/c1-7(2)11-15-16-12(18-11)10(17)14-9-5-3-8(13)4-6-9/h3-7H,1-2H3,(H,14,17). The van der Waals surface area contributed by atoms with E-state index in [0.717, 1.165) is 0 Å². The number of halogens is 1. The maximum absolute atomic E-state index is 12.7. The van der Waals surface area contributed by atoms with Crippen LogP contribution in [-0.4, -0.2) is 16.1 Å². The molecule has 1 aromatic heterocycles. The molecular weight excluding hydrogens is 237 g/mol. The van der Waals surface area contributed by atoms with Crippen LogP contribution in [0.2, 0.25) is 0 Å². The summed E-state index contributed by atoms with van der Waals surface area (Å²) in [4.78, 5) is 11.7. The summed E-state index contributed by atoms with van der Waals surface area (Å²) >= 11 is 0. The Morgan fingerprint density at radius 3 is 2.50 bits per heavy atom. The highest BCUT2D eigenvalue weighted by Gasteiger charge is 2.16. The first kappa shape index (κ1) is 12.2. The summed E-state index contributed by atoms with van der Waals surface area (Å²) in [5, 5.41) is 9.94. The van der Waals surface area contributed by atoms with Crippen LogP contribution < -0.4 is 5.32 Å². The third-order valence-corrected chi connectivity index (χ3v) is 2.23. The molecule has 2 aromatic rings. The smallest absolute Gasteiger partial charge is 0.313 e. The van der Waals surface area contributed by atoms with E-state index in [1.165, 1.54) is 24.3 Å². The zero-order valence-corrected chi connectivity index (χ0v) is 9.98. The van der Waals surface area contributed by atoms with E-state index >= 15 is 0 Å². The lowest BCUT2D eigenvalue weighted by molar-refractivity contribution is 0.0988. The maximum atomic E-state index is 12.7. The van der Waals surface area contributed by atoms with Crippen LogP contribution in [0.4, 0.5) is 10.1 Å². The van der Waals surface area contributed by atoms with Gasteiger partial charge >= 0.3 is 11.8 Å². The van der Waals surface area contributed by atoms with Gasteiger partial charge in [-0.2, -0.15) is 0 Å². The molecular formula is C12H12FN3O2. The number of anilines is 1. The third kappa shape index (κ3) is 2.71. The summed E-state index contributed by atoms with van der Waals surface area (Å²) in [5.74, 6) is -0.527. The first-order valence-electron chi connectivity index (χ1n) is 5.46. The Bertz CT molecular complexity index is 549. The number of carbonyl (C=O) groups is 1. The maximum Gasteiger partial charge on any atom is 0.313 e. The van der Waals surface area contributed by atoms with Gasteiger partial charge in [-0.1, -0.05) is 13.8 Å². The predicted octanol–water partition coefficient (Wildman–Crippen LogP) is 2.58. The molecule has 0 radical (unpaired) electrons. The average molecular weight is 249 g/mol. The molecule has 1 heterocycles. The molecule has 0 saturated carbocycles. The van der Waals surface area contributed by atoms with E-state index in [9.17, 15) is 9.18 Å². The van der Waals surface area contributed by atoms with Crippen LogP contribution in [0.15, 0.2) is 28.7 Å². The summed E-state index contributed by atoms with van der Waals surface area (Å²) in [5.41, 5.74) is 0.464.